The molecule has 0 radical (unpaired) electrons. The lowest BCUT2D eigenvalue weighted by Crippen LogP contribution is -2.60. The Kier molecular flexibility index (Phi) is 8.69. The number of rotatable bonds is 9. The molecule has 0 spiro atoms. The van der Waals surface area contributed by atoms with Crippen molar-refractivity contribution in [1.29, 1.82) is 0 Å². The van der Waals surface area contributed by atoms with Crippen LogP contribution in [0.1, 0.15) is 15.9 Å². The second-order valence-electron chi connectivity index (χ2n) is 9.61. The standard InChI is InChI=1S/C31H31NO8S/c1-38-23-15-24(39-2)21(27-14-19-5-3-4-6-26(19)41-27)13-18(23)9-12-22(34)17-7-10-20(11-8-17)32-31-30(37)29(36)28(35)25(16-33)40-31/h3-15,25,28-33,35-37H,16H2,1-2H3/b12-9+. The first-order valence-corrected chi connectivity index (χ1v) is 13.8. The average Bonchev–Trinajstić information content (AvgIpc) is 3.44. The van der Waals surface area contributed by atoms with Crippen LogP contribution in [0.25, 0.3) is 26.6 Å². The summed E-state index contributed by atoms with van der Waals surface area (Å²) in [6, 6.07) is 20.5. The summed E-state index contributed by atoms with van der Waals surface area (Å²) in [6.45, 7) is -0.520. The zero-order valence-corrected chi connectivity index (χ0v) is 23.2. The third-order valence-corrected chi connectivity index (χ3v) is 8.18. The molecule has 2 heterocycles. The molecule has 5 unspecified atom stereocenters. The van der Waals surface area contributed by atoms with Gasteiger partial charge in [0.25, 0.3) is 0 Å². The van der Waals surface area contributed by atoms with Crippen molar-refractivity contribution in [2.75, 3.05) is 26.1 Å². The van der Waals surface area contributed by atoms with Gasteiger partial charge in [0.15, 0.2) is 12.0 Å². The minimum Gasteiger partial charge on any atom is -0.496 e. The highest BCUT2D eigenvalue weighted by Crippen LogP contribution is 2.41. The summed E-state index contributed by atoms with van der Waals surface area (Å²) in [5, 5.41) is 43.6. The second-order valence-corrected chi connectivity index (χ2v) is 10.7. The minimum absolute atomic E-state index is 0.231. The lowest BCUT2D eigenvalue weighted by molar-refractivity contribution is -0.221. The van der Waals surface area contributed by atoms with Crippen LogP contribution < -0.4 is 14.8 Å². The van der Waals surface area contributed by atoms with E-state index in [0.29, 0.717) is 22.7 Å². The number of allylic oxidation sites excluding steroid dienone is 1. The number of anilines is 1. The van der Waals surface area contributed by atoms with E-state index in [2.05, 4.69) is 23.5 Å². The summed E-state index contributed by atoms with van der Waals surface area (Å²) in [5.41, 5.74) is 2.55. The maximum Gasteiger partial charge on any atom is 0.185 e. The summed E-state index contributed by atoms with van der Waals surface area (Å²) < 4.78 is 17.9. The molecule has 0 amide bonds. The van der Waals surface area contributed by atoms with E-state index < -0.39 is 37.3 Å². The highest BCUT2D eigenvalue weighted by molar-refractivity contribution is 7.22. The van der Waals surface area contributed by atoms with Crippen LogP contribution in [0.15, 0.2) is 72.8 Å². The van der Waals surface area contributed by atoms with Gasteiger partial charge < -0.3 is 40.0 Å². The highest BCUT2D eigenvalue weighted by Gasteiger charge is 2.43. The van der Waals surface area contributed by atoms with Gasteiger partial charge in [0.2, 0.25) is 0 Å². The van der Waals surface area contributed by atoms with Crippen molar-refractivity contribution in [3.63, 3.8) is 0 Å². The average molecular weight is 578 g/mol. The summed E-state index contributed by atoms with van der Waals surface area (Å²) in [5.74, 6) is 1.000. The van der Waals surface area contributed by atoms with Gasteiger partial charge >= 0.3 is 0 Å². The van der Waals surface area contributed by atoms with Crippen molar-refractivity contribution in [3.8, 4) is 21.9 Å². The predicted octanol–water partition coefficient (Wildman–Crippen LogP) is 3.69. The number of fused-ring (bicyclic) bond motifs is 1. The van der Waals surface area contributed by atoms with Crippen LogP contribution >= 0.6 is 11.3 Å². The monoisotopic (exact) mass is 577 g/mol. The van der Waals surface area contributed by atoms with Crippen LogP contribution in [-0.2, 0) is 4.74 Å². The van der Waals surface area contributed by atoms with Crippen molar-refractivity contribution in [2.24, 2.45) is 0 Å². The molecule has 1 aliphatic heterocycles. The van der Waals surface area contributed by atoms with Crippen LogP contribution in [0.4, 0.5) is 5.69 Å². The fraction of sp³-hybridized carbons (Fsp3) is 0.258. The van der Waals surface area contributed by atoms with Crippen LogP contribution in [0.5, 0.6) is 11.5 Å². The summed E-state index contributed by atoms with van der Waals surface area (Å²) >= 11 is 1.66. The number of hydrogen-bond acceptors (Lipinski definition) is 10. The normalized spacial score (nSPS) is 22.6. The van der Waals surface area contributed by atoms with Gasteiger partial charge in [-0.3, -0.25) is 4.79 Å². The topological polar surface area (TPSA) is 138 Å². The largest absolute Gasteiger partial charge is 0.496 e. The maximum atomic E-state index is 13.0. The highest BCUT2D eigenvalue weighted by atomic mass is 32.1. The van der Waals surface area contributed by atoms with Crippen LogP contribution in [0.2, 0.25) is 0 Å². The van der Waals surface area contributed by atoms with Gasteiger partial charge in [0.05, 0.1) is 20.8 Å². The Morgan fingerprint density at radius 3 is 2.37 bits per heavy atom. The Bertz CT molecular complexity index is 1510. The number of aliphatic hydroxyl groups is 4. The Labute approximate surface area is 240 Å². The number of carbonyl (C=O) groups is 1. The van der Waals surface area contributed by atoms with E-state index >= 15 is 0 Å². The number of nitrogens with one attached hydrogen (secondary N) is 1. The van der Waals surface area contributed by atoms with Gasteiger partial charge in [-0.15, -0.1) is 11.3 Å². The first-order valence-electron chi connectivity index (χ1n) is 13.0. The van der Waals surface area contributed by atoms with Gasteiger partial charge in [-0.2, -0.15) is 0 Å². The number of thiophene rings is 1. The molecule has 5 atom stereocenters. The van der Waals surface area contributed by atoms with Crippen LogP contribution in [-0.4, -0.2) is 77.7 Å². The fourth-order valence-corrected chi connectivity index (χ4v) is 5.82. The molecule has 0 saturated carbocycles. The molecular formula is C31H31NO8S. The van der Waals surface area contributed by atoms with E-state index in [1.54, 1.807) is 55.9 Å². The summed E-state index contributed by atoms with van der Waals surface area (Å²) in [4.78, 5) is 14.0. The van der Waals surface area contributed by atoms with E-state index in [9.17, 15) is 25.2 Å². The molecule has 10 heteroatoms. The first-order chi connectivity index (χ1) is 19.8. The Morgan fingerprint density at radius 2 is 1.68 bits per heavy atom. The molecular weight excluding hydrogens is 546 g/mol. The fourth-order valence-electron chi connectivity index (χ4n) is 4.74. The molecule has 0 bridgehead atoms. The number of methoxy groups -OCH3 is 2. The number of benzene rings is 3. The van der Waals surface area contributed by atoms with Crippen molar-refractivity contribution in [2.45, 2.75) is 30.6 Å². The minimum atomic E-state index is -1.49. The third-order valence-electron chi connectivity index (χ3n) is 7.03. The number of ether oxygens (including phenoxy) is 3. The van der Waals surface area contributed by atoms with Gasteiger partial charge in [-0.25, -0.2) is 0 Å². The van der Waals surface area contributed by atoms with Crippen LogP contribution in [0.3, 0.4) is 0 Å². The Morgan fingerprint density at radius 1 is 0.951 bits per heavy atom. The van der Waals surface area contributed by atoms with E-state index in [1.165, 1.54) is 6.08 Å². The number of hydrogen-bond donors (Lipinski definition) is 5. The van der Waals surface area contributed by atoms with Gasteiger partial charge in [-0.1, -0.05) is 18.2 Å². The van der Waals surface area contributed by atoms with Crippen molar-refractivity contribution in [3.05, 3.63) is 83.9 Å². The first kappa shape index (κ1) is 28.7. The molecule has 214 valence electrons. The summed E-state index contributed by atoms with van der Waals surface area (Å²) in [6.07, 6.45) is -3.26. The lowest BCUT2D eigenvalue weighted by Gasteiger charge is -2.40. The number of ketones is 1. The van der Waals surface area contributed by atoms with E-state index in [-0.39, 0.29) is 5.78 Å². The summed E-state index contributed by atoms with van der Waals surface area (Å²) in [7, 11) is 3.18. The molecule has 41 heavy (non-hydrogen) atoms. The van der Waals surface area contributed by atoms with Gasteiger partial charge in [-0.05, 0) is 60.0 Å². The Balaban J connectivity index is 1.34. The molecule has 1 aromatic heterocycles. The smallest absolute Gasteiger partial charge is 0.185 e. The molecule has 0 aliphatic carbocycles. The molecule has 3 aromatic carbocycles. The number of carbonyl (C=O) groups excluding carboxylic acids is 1. The quantitative estimate of drug-likeness (QED) is 0.149. The van der Waals surface area contributed by atoms with Crippen LogP contribution in [0, 0.1) is 0 Å². The molecule has 5 N–H and O–H groups in total. The molecule has 1 aliphatic rings. The Hall–Kier alpha value is -3.77. The lowest BCUT2D eigenvalue weighted by atomic mass is 9.98. The van der Waals surface area contributed by atoms with Gasteiger partial charge in [0.1, 0.15) is 35.9 Å². The van der Waals surface area contributed by atoms with E-state index in [0.717, 1.165) is 26.1 Å². The van der Waals surface area contributed by atoms with Crippen molar-refractivity contribution in [1.82, 2.24) is 0 Å². The predicted molar refractivity (Wildman–Crippen MR) is 158 cm³/mol. The zero-order valence-electron chi connectivity index (χ0n) is 22.4. The molecule has 5 rings (SSSR count). The van der Waals surface area contributed by atoms with E-state index in [1.807, 2.05) is 24.3 Å². The third kappa shape index (κ3) is 5.98. The molecule has 4 aromatic rings. The van der Waals surface area contributed by atoms with Crippen molar-refractivity contribution < 1.29 is 39.4 Å². The van der Waals surface area contributed by atoms with Gasteiger partial charge in [0, 0.05) is 38.0 Å². The second kappa shape index (κ2) is 12.4. The van der Waals surface area contributed by atoms with Crippen molar-refractivity contribution >= 4 is 39.0 Å². The number of aliphatic hydroxyl groups excluding tert-OH is 4. The van der Waals surface area contributed by atoms with E-state index in [4.69, 9.17) is 14.2 Å². The molecule has 1 saturated heterocycles. The zero-order chi connectivity index (χ0) is 29.1. The molecule has 1 fully saturated rings. The maximum absolute atomic E-state index is 13.0. The molecule has 9 nitrogen and oxygen atoms in total. The SMILES string of the molecule is COc1cc(OC)c(-c2cc3ccccc3s2)cc1/C=C/C(=O)c1ccc(NC2OC(CO)C(O)C(O)C2O)cc1.